The van der Waals surface area contributed by atoms with Gasteiger partial charge in [-0.05, 0) is 35.9 Å². The van der Waals surface area contributed by atoms with Gasteiger partial charge in [-0.3, -0.25) is 0 Å². The van der Waals surface area contributed by atoms with Crippen molar-refractivity contribution in [1.29, 1.82) is 0 Å². The molecule has 0 aliphatic heterocycles. The lowest BCUT2D eigenvalue weighted by molar-refractivity contribution is 0.415. The van der Waals surface area contributed by atoms with E-state index in [9.17, 15) is 4.39 Å². The summed E-state index contributed by atoms with van der Waals surface area (Å²) in [6, 6.07) is 10.6. The second-order valence-corrected chi connectivity index (χ2v) is 6.37. The van der Waals surface area contributed by atoms with Crippen LogP contribution in [0.15, 0.2) is 46.0 Å². The Morgan fingerprint density at radius 3 is 2.90 bits per heavy atom. The number of nitrogens with zero attached hydrogens (tertiary/aromatic N) is 1. The van der Waals surface area contributed by atoms with E-state index >= 15 is 0 Å². The number of aromatic amines is 1. The number of hydrogen-bond acceptors (Lipinski definition) is 3. The van der Waals surface area contributed by atoms with Crippen molar-refractivity contribution < 1.29 is 9.13 Å². The van der Waals surface area contributed by atoms with E-state index in [1.165, 1.54) is 23.9 Å². The van der Waals surface area contributed by atoms with Crippen molar-refractivity contribution in [2.45, 2.75) is 10.9 Å². The highest BCUT2D eigenvalue weighted by Crippen LogP contribution is 2.26. The third kappa shape index (κ3) is 3.39. The second kappa shape index (κ2) is 6.07. The number of ether oxygens (including phenoxy) is 1. The maximum atomic E-state index is 13.3. The molecule has 1 aromatic heterocycles. The van der Waals surface area contributed by atoms with Crippen molar-refractivity contribution in [2.24, 2.45) is 0 Å². The molecule has 0 aliphatic rings. The van der Waals surface area contributed by atoms with Gasteiger partial charge >= 0.3 is 0 Å². The smallest absolute Gasteiger partial charge is 0.166 e. The van der Waals surface area contributed by atoms with Gasteiger partial charge in [0.15, 0.2) is 5.16 Å². The predicted molar refractivity (Wildman–Crippen MR) is 86.3 cm³/mol. The number of aromatic nitrogens is 2. The summed E-state index contributed by atoms with van der Waals surface area (Å²) in [4.78, 5) is 7.73. The van der Waals surface area contributed by atoms with Crippen molar-refractivity contribution in [3.05, 3.63) is 52.3 Å². The zero-order chi connectivity index (χ0) is 14.8. The van der Waals surface area contributed by atoms with E-state index < -0.39 is 0 Å². The normalized spacial score (nSPS) is 11.0. The predicted octanol–water partition coefficient (Wildman–Crippen LogP) is 4.77. The molecular formula is C15H12BrFN2OS. The summed E-state index contributed by atoms with van der Waals surface area (Å²) in [5.41, 5.74) is 2.72. The number of rotatable bonds is 4. The first-order chi connectivity index (χ1) is 10.1. The molecule has 0 radical (unpaired) electrons. The lowest BCUT2D eigenvalue weighted by Gasteiger charge is -2.01. The summed E-state index contributed by atoms with van der Waals surface area (Å²) in [6.45, 7) is 0. The minimum atomic E-state index is -0.241. The molecule has 0 aliphatic carbocycles. The van der Waals surface area contributed by atoms with Gasteiger partial charge < -0.3 is 9.72 Å². The maximum absolute atomic E-state index is 13.3. The highest BCUT2D eigenvalue weighted by Gasteiger charge is 2.06. The van der Waals surface area contributed by atoms with Gasteiger partial charge in [0.25, 0.3) is 0 Å². The van der Waals surface area contributed by atoms with Crippen LogP contribution in [0.25, 0.3) is 11.0 Å². The minimum absolute atomic E-state index is 0.241. The van der Waals surface area contributed by atoms with Crippen LogP contribution in [-0.4, -0.2) is 17.1 Å². The van der Waals surface area contributed by atoms with E-state index in [1.54, 1.807) is 7.11 Å². The number of benzene rings is 2. The first-order valence-electron chi connectivity index (χ1n) is 6.25. The van der Waals surface area contributed by atoms with Crippen LogP contribution in [0, 0.1) is 5.82 Å². The van der Waals surface area contributed by atoms with Gasteiger partial charge in [0.1, 0.15) is 11.6 Å². The Morgan fingerprint density at radius 1 is 1.29 bits per heavy atom. The molecule has 0 amide bonds. The third-order valence-electron chi connectivity index (χ3n) is 2.97. The average Bonchev–Trinajstić information content (AvgIpc) is 2.85. The Balaban J connectivity index is 1.78. The largest absolute Gasteiger partial charge is 0.497 e. The summed E-state index contributed by atoms with van der Waals surface area (Å²) >= 11 is 4.83. The Kier molecular flexibility index (Phi) is 4.17. The quantitative estimate of drug-likeness (QED) is 0.676. The highest BCUT2D eigenvalue weighted by molar-refractivity contribution is 9.10. The molecule has 2 aromatic carbocycles. The number of halogens is 2. The van der Waals surface area contributed by atoms with Gasteiger partial charge in [-0.15, -0.1) is 0 Å². The Bertz CT molecular complexity index is 770. The van der Waals surface area contributed by atoms with Gasteiger partial charge in [0.05, 0.1) is 18.1 Å². The highest BCUT2D eigenvalue weighted by atomic mass is 79.9. The molecule has 3 rings (SSSR count). The van der Waals surface area contributed by atoms with E-state index in [2.05, 4.69) is 25.9 Å². The van der Waals surface area contributed by atoms with E-state index in [0.29, 0.717) is 5.75 Å². The lowest BCUT2D eigenvalue weighted by atomic mass is 10.2. The first kappa shape index (κ1) is 14.4. The van der Waals surface area contributed by atoms with Crippen molar-refractivity contribution in [3.63, 3.8) is 0 Å². The standard InChI is InChI=1S/C15H12BrFN2OS/c1-20-12-2-3-13-14(7-12)19-15(18-13)21-8-9-4-10(16)6-11(17)5-9/h2-7H,8H2,1H3,(H,18,19). The number of imidazole rings is 1. The summed E-state index contributed by atoms with van der Waals surface area (Å²) in [7, 11) is 1.63. The van der Waals surface area contributed by atoms with Crippen molar-refractivity contribution in [1.82, 2.24) is 9.97 Å². The van der Waals surface area contributed by atoms with Crippen LogP contribution >= 0.6 is 27.7 Å². The number of H-pyrrole nitrogens is 1. The number of methoxy groups -OCH3 is 1. The van der Waals surface area contributed by atoms with Gasteiger partial charge in [0.2, 0.25) is 0 Å². The molecule has 0 fully saturated rings. The van der Waals surface area contributed by atoms with Crippen LogP contribution in [0.4, 0.5) is 4.39 Å². The van der Waals surface area contributed by atoms with E-state index in [-0.39, 0.29) is 5.82 Å². The molecule has 6 heteroatoms. The summed E-state index contributed by atoms with van der Waals surface area (Å²) in [5, 5.41) is 0.804. The molecule has 0 saturated heterocycles. The zero-order valence-electron chi connectivity index (χ0n) is 11.2. The molecule has 21 heavy (non-hydrogen) atoms. The van der Waals surface area contributed by atoms with Crippen LogP contribution in [0.3, 0.4) is 0 Å². The third-order valence-corrected chi connectivity index (χ3v) is 4.37. The summed E-state index contributed by atoms with van der Waals surface area (Å²) in [5.74, 6) is 1.19. The molecule has 1 N–H and O–H groups in total. The van der Waals surface area contributed by atoms with Gasteiger partial charge in [-0.1, -0.05) is 27.7 Å². The van der Waals surface area contributed by atoms with Crippen LogP contribution in [0.2, 0.25) is 0 Å². The van der Waals surface area contributed by atoms with Crippen LogP contribution in [-0.2, 0) is 5.75 Å². The van der Waals surface area contributed by atoms with E-state index in [0.717, 1.165) is 32.0 Å². The molecule has 0 spiro atoms. The van der Waals surface area contributed by atoms with Gasteiger partial charge in [-0.2, -0.15) is 0 Å². The fraction of sp³-hybridized carbons (Fsp3) is 0.133. The maximum Gasteiger partial charge on any atom is 0.166 e. The van der Waals surface area contributed by atoms with Crippen LogP contribution < -0.4 is 4.74 Å². The van der Waals surface area contributed by atoms with Gasteiger partial charge in [-0.25, -0.2) is 9.37 Å². The number of thioether (sulfide) groups is 1. The van der Waals surface area contributed by atoms with Crippen molar-refractivity contribution in [2.75, 3.05) is 7.11 Å². The van der Waals surface area contributed by atoms with Crippen molar-refractivity contribution in [3.8, 4) is 5.75 Å². The SMILES string of the molecule is COc1ccc2nc(SCc3cc(F)cc(Br)c3)[nH]c2c1. The molecular weight excluding hydrogens is 355 g/mol. The molecule has 1 heterocycles. The summed E-state index contributed by atoms with van der Waals surface area (Å²) in [6.07, 6.45) is 0. The van der Waals surface area contributed by atoms with Gasteiger partial charge in [0, 0.05) is 16.3 Å². The Morgan fingerprint density at radius 2 is 2.14 bits per heavy atom. The fourth-order valence-corrected chi connectivity index (χ4v) is 3.33. The Labute approximate surface area is 134 Å². The number of hydrogen-bond donors (Lipinski definition) is 1. The molecule has 3 nitrogen and oxygen atoms in total. The number of fused-ring (bicyclic) bond motifs is 1. The molecule has 108 valence electrons. The number of nitrogens with one attached hydrogen (secondary N) is 1. The van der Waals surface area contributed by atoms with E-state index in [4.69, 9.17) is 4.74 Å². The van der Waals surface area contributed by atoms with Crippen molar-refractivity contribution >= 4 is 38.7 Å². The molecule has 0 saturated carbocycles. The topological polar surface area (TPSA) is 37.9 Å². The second-order valence-electron chi connectivity index (χ2n) is 4.49. The molecule has 3 aromatic rings. The molecule has 0 unspecified atom stereocenters. The molecule has 0 atom stereocenters. The fourth-order valence-electron chi connectivity index (χ4n) is 2.01. The lowest BCUT2D eigenvalue weighted by Crippen LogP contribution is -1.85. The average molecular weight is 367 g/mol. The van der Waals surface area contributed by atoms with E-state index in [1.807, 2.05) is 24.3 Å². The zero-order valence-corrected chi connectivity index (χ0v) is 13.6. The Hall–Kier alpha value is -1.53. The monoisotopic (exact) mass is 366 g/mol. The minimum Gasteiger partial charge on any atom is -0.497 e. The summed E-state index contributed by atoms with van der Waals surface area (Å²) < 4.78 is 19.3. The van der Waals surface area contributed by atoms with Crippen LogP contribution in [0.1, 0.15) is 5.56 Å². The first-order valence-corrected chi connectivity index (χ1v) is 8.03. The molecule has 0 bridgehead atoms. The van der Waals surface area contributed by atoms with Crippen LogP contribution in [0.5, 0.6) is 5.75 Å².